The standard InChI is InChI=1S/C14H15ClN2O4/c1-8-13(15)11(17(2)16-8)7-21-12-6-9(20-3)4-5-10(12)14(18)19/h4-6H,7H2,1-3H3,(H,18,19). The molecule has 0 saturated carbocycles. The lowest BCUT2D eigenvalue weighted by Gasteiger charge is -2.11. The van der Waals surface area contributed by atoms with Gasteiger partial charge in [-0.25, -0.2) is 4.79 Å². The van der Waals surface area contributed by atoms with Crippen LogP contribution in [0, 0.1) is 6.92 Å². The maximum absolute atomic E-state index is 11.2. The van der Waals surface area contributed by atoms with E-state index in [0.717, 1.165) is 0 Å². The van der Waals surface area contributed by atoms with Gasteiger partial charge in [-0.2, -0.15) is 5.10 Å². The predicted octanol–water partition coefficient (Wildman–Crippen LogP) is 2.67. The molecule has 2 aromatic rings. The first-order valence-electron chi connectivity index (χ1n) is 6.16. The van der Waals surface area contributed by atoms with Crippen molar-refractivity contribution in [2.24, 2.45) is 7.05 Å². The second-order valence-corrected chi connectivity index (χ2v) is 4.80. The van der Waals surface area contributed by atoms with Crippen LogP contribution in [0.3, 0.4) is 0 Å². The Bertz CT molecular complexity index is 682. The molecule has 0 radical (unpaired) electrons. The minimum absolute atomic E-state index is 0.0609. The van der Waals surface area contributed by atoms with Crippen LogP contribution in [0.1, 0.15) is 21.7 Å². The smallest absolute Gasteiger partial charge is 0.339 e. The minimum Gasteiger partial charge on any atom is -0.497 e. The van der Waals surface area contributed by atoms with Gasteiger partial charge in [0.2, 0.25) is 0 Å². The van der Waals surface area contributed by atoms with Crippen LogP contribution in [0.5, 0.6) is 11.5 Å². The van der Waals surface area contributed by atoms with Crippen LogP contribution in [0.25, 0.3) is 0 Å². The molecule has 7 heteroatoms. The zero-order valence-corrected chi connectivity index (χ0v) is 12.6. The number of benzene rings is 1. The zero-order chi connectivity index (χ0) is 15.6. The lowest BCUT2D eigenvalue weighted by molar-refractivity contribution is 0.0691. The van der Waals surface area contributed by atoms with Crippen molar-refractivity contribution in [1.82, 2.24) is 9.78 Å². The van der Waals surface area contributed by atoms with Crippen LogP contribution in [-0.4, -0.2) is 28.0 Å². The summed E-state index contributed by atoms with van der Waals surface area (Å²) >= 11 is 6.14. The number of aromatic carboxylic acids is 1. The van der Waals surface area contributed by atoms with Crippen LogP contribution in [0.15, 0.2) is 18.2 Å². The Morgan fingerprint density at radius 1 is 1.48 bits per heavy atom. The number of carbonyl (C=O) groups is 1. The van der Waals surface area contributed by atoms with Crippen molar-refractivity contribution >= 4 is 17.6 Å². The highest BCUT2D eigenvalue weighted by atomic mass is 35.5. The van der Waals surface area contributed by atoms with E-state index < -0.39 is 5.97 Å². The summed E-state index contributed by atoms with van der Waals surface area (Å²) < 4.78 is 12.3. The Hall–Kier alpha value is -2.21. The molecule has 1 aromatic carbocycles. The van der Waals surface area contributed by atoms with Gasteiger partial charge in [-0.15, -0.1) is 0 Å². The van der Waals surface area contributed by atoms with E-state index in [1.54, 1.807) is 24.7 Å². The Morgan fingerprint density at radius 3 is 2.71 bits per heavy atom. The summed E-state index contributed by atoms with van der Waals surface area (Å²) in [5.41, 5.74) is 1.43. The van der Waals surface area contributed by atoms with Gasteiger partial charge < -0.3 is 14.6 Å². The van der Waals surface area contributed by atoms with Crippen LogP contribution < -0.4 is 9.47 Å². The van der Waals surface area contributed by atoms with E-state index in [1.807, 2.05) is 0 Å². The number of carboxylic acid groups (broad SMARTS) is 1. The number of hydrogen-bond acceptors (Lipinski definition) is 4. The van der Waals surface area contributed by atoms with Gasteiger partial charge in [-0.3, -0.25) is 4.68 Å². The molecule has 0 amide bonds. The third kappa shape index (κ3) is 3.11. The fourth-order valence-corrected chi connectivity index (χ4v) is 2.12. The fraction of sp³-hybridized carbons (Fsp3) is 0.286. The number of nitrogens with zero attached hydrogens (tertiary/aromatic N) is 2. The quantitative estimate of drug-likeness (QED) is 0.919. The number of ether oxygens (including phenoxy) is 2. The third-order valence-corrected chi connectivity index (χ3v) is 3.54. The van der Waals surface area contributed by atoms with E-state index in [4.69, 9.17) is 21.1 Å². The van der Waals surface area contributed by atoms with Gasteiger partial charge in [0.05, 0.1) is 23.5 Å². The maximum atomic E-state index is 11.2. The number of hydrogen-bond donors (Lipinski definition) is 1. The highest BCUT2D eigenvalue weighted by molar-refractivity contribution is 6.31. The first-order chi connectivity index (χ1) is 9.93. The highest BCUT2D eigenvalue weighted by Gasteiger charge is 2.16. The molecule has 0 bridgehead atoms. The summed E-state index contributed by atoms with van der Waals surface area (Å²) in [6.07, 6.45) is 0. The Morgan fingerprint density at radius 2 is 2.19 bits per heavy atom. The van der Waals surface area contributed by atoms with Crippen molar-refractivity contribution in [3.05, 3.63) is 40.2 Å². The Balaban J connectivity index is 2.28. The Kier molecular flexibility index (Phi) is 4.37. The first kappa shape index (κ1) is 15.2. The molecule has 112 valence electrons. The maximum Gasteiger partial charge on any atom is 0.339 e. The van der Waals surface area contributed by atoms with Gasteiger partial charge in [0.25, 0.3) is 0 Å². The second kappa shape index (κ2) is 6.05. The van der Waals surface area contributed by atoms with Gasteiger partial charge in [0.15, 0.2) is 0 Å². The normalized spacial score (nSPS) is 10.5. The van der Waals surface area contributed by atoms with E-state index >= 15 is 0 Å². The average Bonchev–Trinajstić information content (AvgIpc) is 2.69. The molecule has 0 saturated heterocycles. The molecule has 1 N–H and O–H groups in total. The van der Waals surface area contributed by atoms with Gasteiger partial charge in [-0.1, -0.05) is 11.6 Å². The molecule has 0 aliphatic rings. The van der Waals surface area contributed by atoms with Crippen molar-refractivity contribution in [3.63, 3.8) is 0 Å². The molecule has 1 heterocycles. The summed E-state index contributed by atoms with van der Waals surface area (Å²) in [5.74, 6) is -0.334. The molecule has 0 aliphatic carbocycles. The monoisotopic (exact) mass is 310 g/mol. The number of carboxylic acids is 1. The number of halogens is 1. The van der Waals surface area contributed by atoms with Crippen molar-refractivity contribution < 1.29 is 19.4 Å². The molecule has 1 aromatic heterocycles. The van der Waals surface area contributed by atoms with Crippen molar-refractivity contribution in [1.29, 1.82) is 0 Å². The molecule has 0 fully saturated rings. The van der Waals surface area contributed by atoms with Crippen molar-refractivity contribution in [2.75, 3.05) is 7.11 Å². The second-order valence-electron chi connectivity index (χ2n) is 4.43. The highest BCUT2D eigenvalue weighted by Crippen LogP contribution is 2.27. The van der Waals surface area contributed by atoms with Crippen LogP contribution in [0.2, 0.25) is 5.02 Å². The summed E-state index contributed by atoms with van der Waals surface area (Å²) in [7, 11) is 3.25. The SMILES string of the molecule is COc1ccc(C(=O)O)c(OCc2c(Cl)c(C)nn2C)c1. The molecule has 0 aliphatic heterocycles. The minimum atomic E-state index is -1.07. The van der Waals surface area contributed by atoms with E-state index in [9.17, 15) is 9.90 Å². The summed E-state index contributed by atoms with van der Waals surface area (Å²) in [4.78, 5) is 11.2. The molecule has 21 heavy (non-hydrogen) atoms. The van der Waals surface area contributed by atoms with Crippen LogP contribution >= 0.6 is 11.6 Å². The van der Waals surface area contributed by atoms with E-state index in [1.165, 1.54) is 19.2 Å². The molecule has 6 nitrogen and oxygen atoms in total. The van der Waals surface area contributed by atoms with Crippen LogP contribution in [-0.2, 0) is 13.7 Å². The third-order valence-electron chi connectivity index (χ3n) is 3.05. The molecular weight excluding hydrogens is 296 g/mol. The summed E-state index contributed by atoms with van der Waals surface area (Å²) in [6, 6.07) is 4.53. The number of methoxy groups -OCH3 is 1. The number of rotatable bonds is 5. The molecular formula is C14H15ClN2O4. The average molecular weight is 311 g/mol. The lowest BCUT2D eigenvalue weighted by atomic mass is 10.2. The van der Waals surface area contributed by atoms with Gasteiger partial charge >= 0.3 is 5.97 Å². The molecule has 0 unspecified atom stereocenters. The largest absolute Gasteiger partial charge is 0.497 e. The topological polar surface area (TPSA) is 73.6 Å². The molecule has 0 spiro atoms. The van der Waals surface area contributed by atoms with Gasteiger partial charge in [0.1, 0.15) is 23.7 Å². The van der Waals surface area contributed by atoms with E-state index in [-0.39, 0.29) is 17.9 Å². The fourth-order valence-electron chi connectivity index (χ4n) is 1.91. The zero-order valence-electron chi connectivity index (χ0n) is 11.9. The number of aromatic nitrogens is 2. The Labute approximate surface area is 126 Å². The molecule has 2 rings (SSSR count). The van der Waals surface area contributed by atoms with Gasteiger partial charge in [-0.05, 0) is 19.1 Å². The summed E-state index contributed by atoms with van der Waals surface area (Å²) in [5, 5.41) is 13.9. The lowest BCUT2D eigenvalue weighted by Crippen LogP contribution is -2.07. The van der Waals surface area contributed by atoms with Crippen molar-refractivity contribution in [3.8, 4) is 11.5 Å². The first-order valence-corrected chi connectivity index (χ1v) is 6.54. The van der Waals surface area contributed by atoms with Crippen molar-refractivity contribution in [2.45, 2.75) is 13.5 Å². The van der Waals surface area contributed by atoms with E-state index in [0.29, 0.717) is 22.2 Å². The summed E-state index contributed by atoms with van der Waals surface area (Å²) in [6.45, 7) is 1.91. The number of aryl methyl sites for hydroxylation is 2. The molecule has 0 atom stereocenters. The van der Waals surface area contributed by atoms with Gasteiger partial charge in [0, 0.05) is 13.1 Å². The van der Waals surface area contributed by atoms with E-state index in [2.05, 4.69) is 5.10 Å². The van der Waals surface area contributed by atoms with Crippen LogP contribution in [0.4, 0.5) is 0 Å². The predicted molar refractivity (Wildman–Crippen MR) is 77.2 cm³/mol.